The van der Waals surface area contributed by atoms with Gasteiger partial charge in [-0.25, -0.2) is 4.98 Å². The number of benzene rings is 1. The third-order valence-corrected chi connectivity index (χ3v) is 4.68. The van der Waals surface area contributed by atoms with Crippen LogP contribution in [0.3, 0.4) is 0 Å². The van der Waals surface area contributed by atoms with Crippen molar-refractivity contribution in [1.82, 2.24) is 15.3 Å². The summed E-state index contributed by atoms with van der Waals surface area (Å²) in [5.41, 5.74) is 2.48. The maximum Gasteiger partial charge on any atom is 0.263 e. The van der Waals surface area contributed by atoms with E-state index in [1.807, 2.05) is 37.3 Å². The number of halogens is 1. The number of carbonyl (C=O) groups is 1. The van der Waals surface area contributed by atoms with Gasteiger partial charge in [0.1, 0.15) is 9.88 Å². The third-order valence-electron chi connectivity index (χ3n) is 3.25. The predicted octanol–water partition coefficient (Wildman–Crippen LogP) is 4.10. The Hall–Kier alpha value is -2.24. The maximum absolute atomic E-state index is 12.4. The van der Waals surface area contributed by atoms with Crippen LogP contribution in [-0.4, -0.2) is 15.9 Å². The van der Waals surface area contributed by atoms with E-state index in [0.29, 0.717) is 22.1 Å². The predicted molar refractivity (Wildman–Crippen MR) is 92.7 cm³/mol. The Morgan fingerprint density at radius 1 is 1.22 bits per heavy atom. The molecule has 0 saturated carbocycles. The molecule has 0 bridgehead atoms. The van der Waals surface area contributed by atoms with Gasteiger partial charge in [0.05, 0.1) is 11.4 Å². The van der Waals surface area contributed by atoms with Crippen molar-refractivity contribution in [3.8, 4) is 10.7 Å². The number of rotatable bonds is 4. The summed E-state index contributed by atoms with van der Waals surface area (Å²) >= 11 is 7.20. The normalized spacial score (nSPS) is 10.5. The van der Waals surface area contributed by atoms with E-state index >= 15 is 0 Å². The number of amides is 1. The van der Waals surface area contributed by atoms with Gasteiger partial charge >= 0.3 is 0 Å². The van der Waals surface area contributed by atoms with Gasteiger partial charge in [0.2, 0.25) is 0 Å². The molecule has 2 heterocycles. The molecule has 0 saturated heterocycles. The van der Waals surface area contributed by atoms with E-state index < -0.39 is 0 Å². The summed E-state index contributed by atoms with van der Waals surface area (Å²) in [6.07, 6.45) is 1.71. The second-order valence-corrected chi connectivity index (χ2v) is 6.39. The van der Waals surface area contributed by atoms with E-state index in [1.54, 1.807) is 18.3 Å². The van der Waals surface area contributed by atoms with Crippen LogP contribution in [0, 0.1) is 6.92 Å². The number of aryl methyl sites for hydroxylation is 1. The van der Waals surface area contributed by atoms with Crippen LogP contribution in [0.1, 0.15) is 20.9 Å². The molecular formula is C17H14ClN3OS. The van der Waals surface area contributed by atoms with Gasteiger partial charge in [0.15, 0.2) is 0 Å². The zero-order valence-electron chi connectivity index (χ0n) is 12.4. The van der Waals surface area contributed by atoms with E-state index in [0.717, 1.165) is 16.3 Å². The average molecular weight is 344 g/mol. The number of carbonyl (C=O) groups excluding carboxylic acids is 1. The summed E-state index contributed by atoms with van der Waals surface area (Å²) in [5.74, 6) is -0.128. The van der Waals surface area contributed by atoms with Crippen LogP contribution >= 0.6 is 22.9 Å². The lowest BCUT2D eigenvalue weighted by atomic mass is 10.2. The fourth-order valence-corrected chi connectivity index (χ4v) is 3.16. The lowest BCUT2D eigenvalue weighted by Gasteiger charge is -2.04. The summed E-state index contributed by atoms with van der Waals surface area (Å²) in [6, 6.07) is 13.0. The number of nitrogens with zero attached hydrogens (tertiary/aromatic N) is 2. The van der Waals surface area contributed by atoms with Crippen molar-refractivity contribution in [3.05, 3.63) is 69.8 Å². The fourth-order valence-electron chi connectivity index (χ4n) is 2.07. The smallest absolute Gasteiger partial charge is 0.263 e. The van der Waals surface area contributed by atoms with E-state index in [1.165, 1.54) is 11.3 Å². The van der Waals surface area contributed by atoms with Gasteiger partial charge in [-0.3, -0.25) is 9.78 Å². The largest absolute Gasteiger partial charge is 0.347 e. The quantitative estimate of drug-likeness (QED) is 0.776. The van der Waals surface area contributed by atoms with Gasteiger partial charge in [0.25, 0.3) is 5.91 Å². The molecule has 0 spiro atoms. The molecule has 116 valence electrons. The lowest BCUT2D eigenvalue weighted by Crippen LogP contribution is -2.22. The molecule has 0 fully saturated rings. The molecule has 0 aliphatic carbocycles. The van der Waals surface area contributed by atoms with E-state index in [2.05, 4.69) is 15.3 Å². The van der Waals surface area contributed by atoms with Gasteiger partial charge in [-0.1, -0.05) is 29.8 Å². The monoisotopic (exact) mass is 343 g/mol. The van der Waals surface area contributed by atoms with Crippen LogP contribution in [0.5, 0.6) is 0 Å². The number of pyridine rings is 1. The lowest BCUT2D eigenvalue weighted by molar-refractivity contribution is 0.0954. The first-order valence-electron chi connectivity index (χ1n) is 7.05. The second kappa shape index (κ2) is 6.89. The molecule has 0 aliphatic heterocycles. The van der Waals surface area contributed by atoms with Crippen molar-refractivity contribution < 1.29 is 4.79 Å². The Morgan fingerprint density at radius 3 is 2.70 bits per heavy atom. The highest BCUT2D eigenvalue weighted by molar-refractivity contribution is 7.17. The van der Waals surface area contributed by atoms with Crippen LogP contribution in [0.25, 0.3) is 10.7 Å². The molecule has 2 aromatic heterocycles. The van der Waals surface area contributed by atoms with Crippen molar-refractivity contribution in [2.24, 2.45) is 0 Å². The fraction of sp³-hybridized carbons (Fsp3) is 0.118. The molecule has 3 aromatic rings. The zero-order chi connectivity index (χ0) is 16.2. The van der Waals surface area contributed by atoms with Crippen LogP contribution in [0.4, 0.5) is 0 Å². The molecule has 23 heavy (non-hydrogen) atoms. The van der Waals surface area contributed by atoms with E-state index in [-0.39, 0.29) is 5.91 Å². The summed E-state index contributed by atoms with van der Waals surface area (Å²) < 4.78 is 0. The standard InChI is InChI=1S/C17H14ClN3OS/c1-11-15(23-17(21-11)14-4-2-3-9-19-14)16(22)20-10-12-5-7-13(18)8-6-12/h2-9H,10H2,1H3,(H,20,22). The molecule has 1 amide bonds. The third kappa shape index (κ3) is 3.75. The first-order chi connectivity index (χ1) is 11.1. The molecule has 1 N–H and O–H groups in total. The minimum atomic E-state index is -0.128. The molecule has 1 aromatic carbocycles. The van der Waals surface area contributed by atoms with Crippen LogP contribution in [-0.2, 0) is 6.54 Å². The first kappa shape index (κ1) is 15.6. The van der Waals surface area contributed by atoms with E-state index in [4.69, 9.17) is 11.6 Å². The Bertz CT molecular complexity index is 816. The summed E-state index contributed by atoms with van der Waals surface area (Å²) in [5, 5.41) is 4.34. The Kier molecular flexibility index (Phi) is 4.69. The Morgan fingerprint density at radius 2 is 2.00 bits per heavy atom. The first-order valence-corrected chi connectivity index (χ1v) is 8.24. The molecule has 0 atom stereocenters. The van der Waals surface area contributed by atoms with Crippen LogP contribution < -0.4 is 5.32 Å². The number of aromatic nitrogens is 2. The number of hydrogen-bond donors (Lipinski definition) is 1. The van der Waals surface area contributed by atoms with Crippen LogP contribution in [0.15, 0.2) is 48.7 Å². The van der Waals surface area contributed by atoms with E-state index in [9.17, 15) is 4.79 Å². The topological polar surface area (TPSA) is 54.9 Å². The molecule has 0 unspecified atom stereocenters. The SMILES string of the molecule is Cc1nc(-c2ccccn2)sc1C(=O)NCc1ccc(Cl)cc1. The minimum absolute atomic E-state index is 0.128. The molecular weight excluding hydrogens is 330 g/mol. The molecule has 0 aliphatic rings. The van der Waals surface area contributed by atoms with Gasteiger partial charge in [0, 0.05) is 17.8 Å². The van der Waals surface area contributed by atoms with Crippen molar-refractivity contribution in [2.45, 2.75) is 13.5 Å². The summed E-state index contributed by atoms with van der Waals surface area (Å²) in [7, 11) is 0. The van der Waals surface area contributed by atoms with Crippen molar-refractivity contribution >= 4 is 28.8 Å². The van der Waals surface area contributed by atoms with Gasteiger partial charge in [-0.15, -0.1) is 11.3 Å². The molecule has 4 nitrogen and oxygen atoms in total. The highest BCUT2D eigenvalue weighted by Crippen LogP contribution is 2.26. The van der Waals surface area contributed by atoms with Gasteiger partial charge < -0.3 is 5.32 Å². The number of thiazole rings is 1. The van der Waals surface area contributed by atoms with Crippen LogP contribution in [0.2, 0.25) is 5.02 Å². The number of nitrogens with one attached hydrogen (secondary N) is 1. The van der Waals surface area contributed by atoms with Crippen molar-refractivity contribution in [3.63, 3.8) is 0 Å². The van der Waals surface area contributed by atoms with Crippen molar-refractivity contribution in [1.29, 1.82) is 0 Å². The minimum Gasteiger partial charge on any atom is -0.347 e. The van der Waals surface area contributed by atoms with Crippen molar-refractivity contribution in [2.75, 3.05) is 0 Å². The molecule has 0 radical (unpaired) electrons. The highest BCUT2D eigenvalue weighted by Gasteiger charge is 2.16. The summed E-state index contributed by atoms with van der Waals surface area (Å²) in [4.78, 5) is 21.7. The maximum atomic E-state index is 12.4. The molecule has 6 heteroatoms. The highest BCUT2D eigenvalue weighted by atomic mass is 35.5. The van der Waals surface area contributed by atoms with Gasteiger partial charge in [-0.2, -0.15) is 0 Å². The Balaban J connectivity index is 1.72. The number of hydrogen-bond acceptors (Lipinski definition) is 4. The second-order valence-electron chi connectivity index (χ2n) is 4.96. The molecule has 3 rings (SSSR count). The summed E-state index contributed by atoms with van der Waals surface area (Å²) in [6.45, 7) is 2.28. The zero-order valence-corrected chi connectivity index (χ0v) is 14.0. The van der Waals surface area contributed by atoms with Gasteiger partial charge in [-0.05, 0) is 36.8 Å². The Labute approximate surface area is 143 Å². The average Bonchev–Trinajstić information content (AvgIpc) is 2.97.